The fourth-order valence-corrected chi connectivity index (χ4v) is 3.47. The van der Waals surface area contributed by atoms with Crippen LogP contribution in [0.5, 0.6) is 5.75 Å². The van der Waals surface area contributed by atoms with Crippen molar-refractivity contribution >= 4 is 23.1 Å². The monoisotopic (exact) mass is 461 g/mol. The van der Waals surface area contributed by atoms with Gasteiger partial charge in [-0.1, -0.05) is 36.4 Å². The summed E-state index contributed by atoms with van der Waals surface area (Å²) in [7, 11) is 0. The molecular formula is C27H19N5O3. The molecule has 8 nitrogen and oxygen atoms in total. The van der Waals surface area contributed by atoms with Crippen LogP contribution in [0.1, 0.15) is 11.1 Å². The third kappa shape index (κ3) is 4.94. The van der Waals surface area contributed by atoms with E-state index in [2.05, 4.69) is 10.5 Å². The van der Waals surface area contributed by atoms with Crippen molar-refractivity contribution in [3.8, 4) is 29.0 Å². The van der Waals surface area contributed by atoms with Crippen molar-refractivity contribution in [3.63, 3.8) is 0 Å². The molecule has 0 bridgehead atoms. The number of ether oxygens (including phenoxy) is 1. The van der Waals surface area contributed by atoms with Gasteiger partial charge >= 0.3 is 0 Å². The van der Waals surface area contributed by atoms with Gasteiger partial charge in [-0.2, -0.15) is 15.5 Å². The molecule has 170 valence electrons. The molecule has 0 aliphatic carbocycles. The van der Waals surface area contributed by atoms with Crippen LogP contribution in [0, 0.1) is 11.3 Å². The number of para-hydroxylation sites is 2. The van der Waals surface area contributed by atoms with Crippen molar-refractivity contribution in [2.24, 2.45) is 5.10 Å². The molecule has 0 fully saturated rings. The molecule has 35 heavy (non-hydrogen) atoms. The Morgan fingerprint density at radius 3 is 2.63 bits per heavy atom. The number of rotatable bonds is 7. The second-order valence-electron chi connectivity index (χ2n) is 7.58. The van der Waals surface area contributed by atoms with Crippen molar-refractivity contribution in [2.75, 3.05) is 6.61 Å². The number of fused-ring (bicyclic) bond motifs is 1. The van der Waals surface area contributed by atoms with Crippen LogP contribution in [0.3, 0.4) is 0 Å². The average Bonchev–Trinajstić information content (AvgIpc) is 3.52. The molecule has 0 saturated heterocycles. The van der Waals surface area contributed by atoms with Crippen LogP contribution in [0.25, 0.3) is 28.1 Å². The van der Waals surface area contributed by atoms with E-state index >= 15 is 0 Å². The zero-order valence-corrected chi connectivity index (χ0v) is 18.5. The molecule has 5 aromatic rings. The van der Waals surface area contributed by atoms with E-state index in [1.54, 1.807) is 28.9 Å². The molecule has 2 aromatic heterocycles. The van der Waals surface area contributed by atoms with E-state index in [0.29, 0.717) is 28.3 Å². The highest BCUT2D eigenvalue weighted by Crippen LogP contribution is 2.29. The predicted octanol–water partition coefficient (Wildman–Crippen LogP) is 4.69. The highest BCUT2D eigenvalue weighted by atomic mass is 16.5. The van der Waals surface area contributed by atoms with E-state index < -0.39 is 5.91 Å². The number of carbonyl (C=O) groups excluding carboxylic acids is 1. The highest BCUT2D eigenvalue weighted by Gasteiger charge is 2.15. The number of nitrogens with zero attached hydrogens (tertiary/aromatic N) is 4. The number of amides is 1. The summed E-state index contributed by atoms with van der Waals surface area (Å²) in [6, 6.07) is 27.9. The van der Waals surface area contributed by atoms with Gasteiger partial charge in [0.25, 0.3) is 5.91 Å². The van der Waals surface area contributed by atoms with Gasteiger partial charge in [0.2, 0.25) is 0 Å². The lowest BCUT2D eigenvalue weighted by Gasteiger charge is -2.04. The first-order chi connectivity index (χ1) is 17.2. The number of benzene rings is 3. The van der Waals surface area contributed by atoms with Crippen LogP contribution < -0.4 is 10.2 Å². The second kappa shape index (κ2) is 9.77. The lowest BCUT2D eigenvalue weighted by molar-refractivity contribution is -0.123. The molecule has 1 amide bonds. The normalized spacial score (nSPS) is 10.9. The summed E-state index contributed by atoms with van der Waals surface area (Å²) in [5.41, 5.74) is 5.88. The second-order valence-corrected chi connectivity index (χ2v) is 7.58. The van der Waals surface area contributed by atoms with Gasteiger partial charge in [-0.15, -0.1) is 0 Å². The molecule has 8 heteroatoms. The van der Waals surface area contributed by atoms with Crippen LogP contribution in [0.15, 0.2) is 101 Å². The van der Waals surface area contributed by atoms with Gasteiger partial charge in [0.1, 0.15) is 17.0 Å². The van der Waals surface area contributed by atoms with Crippen molar-refractivity contribution < 1.29 is 13.9 Å². The molecule has 3 aromatic carbocycles. The molecule has 0 unspecified atom stereocenters. The molecular weight excluding hydrogens is 442 g/mol. The van der Waals surface area contributed by atoms with E-state index in [-0.39, 0.29) is 6.61 Å². The summed E-state index contributed by atoms with van der Waals surface area (Å²) >= 11 is 0. The Hall–Kier alpha value is -5.16. The topological polar surface area (TPSA) is 105 Å². The average molecular weight is 461 g/mol. The Morgan fingerprint density at radius 2 is 1.86 bits per heavy atom. The van der Waals surface area contributed by atoms with E-state index in [1.165, 1.54) is 6.21 Å². The van der Waals surface area contributed by atoms with Crippen LogP contribution >= 0.6 is 0 Å². The van der Waals surface area contributed by atoms with Crippen LogP contribution in [0.2, 0.25) is 0 Å². The Bertz CT molecular complexity index is 1510. The molecule has 0 radical (unpaired) electrons. The number of carbonyl (C=O) groups is 1. The lowest BCUT2D eigenvalue weighted by Crippen LogP contribution is -2.24. The summed E-state index contributed by atoms with van der Waals surface area (Å²) in [4.78, 5) is 12.2. The molecule has 0 saturated carbocycles. The summed E-state index contributed by atoms with van der Waals surface area (Å²) in [6.07, 6.45) is 3.34. The van der Waals surface area contributed by atoms with Gasteiger partial charge in [0.05, 0.1) is 23.5 Å². The Labute approximate surface area is 200 Å². The van der Waals surface area contributed by atoms with Crippen molar-refractivity contribution in [1.29, 1.82) is 5.26 Å². The van der Waals surface area contributed by atoms with Crippen LogP contribution in [-0.2, 0) is 4.79 Å². The van der Waals surface area contributed by atoms with Gasteiger partial charge in [-0.3, -0.25) is 4.79 Å². The first-order valence-electron chi connectivity index (χ1n) is 10.8. The molecule has 0 aliphatic heterocycles. The molecule has 1 N–H and O–H groups in total. The number of nitrogens with one attached hydrogen (secondary N) is 1. The first kappa shape index (κ1) is 21.7. The number of hydrazone groups is 1. The minimum atomic E-state index is -0.425. The quantitative estimate of drug-likeness (QED) is 0.280. The predicted molar refractivity (Wildman–Crippen MR) is 131 cm³/mol. The van der Waals surface area contributed by atoms with Crippen LogP contribution in [-0.4, -0.2) is 28.5 Å². The molecule has 0 atom stereocenters. The lowest BCUT2D eigenvalue weighted by atomic mass is 10.2. The standard InChI is InChI=1S/C27H19N5O3/c28-15-19-10-12-23(13-11-19)34-18-26(33)30-29-16-21-17-32(22-7-2-1-3-8-22)31-27(21)25-14-20-6-4-5-9-24(20)35-25/h1-14,16-17H,18H2,(H,30,33)/b29-16-. The fraction of sp³-hybridized carbons (Fsp3) is 0.0370. The zero-order valence-electron chi connectivity index (χ0n) is 18.5. The summed E-state index contributed by atoms with van der Waals surface area (Å²) in [6.45, 7) is -0.219. The minimum Gasteiger partial charge on any atom is -0.484 e. The molecule has 2 heterocycles. The Kier molecular flexibility index (Phi) is 6.05. The van der Waals surface area contributed by atoms with E-state index in [1.807, 2.05) is 72.9 Å². The van der Waals surface area contributed by atoms with Crippen molar-refractivity contribution in [3.05, 3.63) is 102 Å². The van der Waals surface area contributed by atoms with Crippen LogP contribution in [0.4, 0.5) is 0 Å². The van der Waals surface area contributed by atoms with Gasteiger partial charge < -0.3 is 9.15 Å². The van der Waals surface area contributed by atoms with E-state index in [0.717, 1.165) is 16.7 Å². The summed E-state index contributed by atoms with van der Waals surface area (Å²) < 4.78 is 13.2. The largest absolute Gasteiger partial charge is 0.484 e. The molecule has 0 aliphatic rings. The summed E-state index contributed by atoms with van der Waals surface area (Å²) in [5.74, 6) is 0.656. The van der Waals surface area contributed by atoms with Gasteiger partial charge in [-0.25, -0.2) is 10.1 Å². The maximum absolute atomic E-state index is 12.2. The molecule has 0 spiro atoms. The number of furan rings is 1. The maximum Gasteiger partial charge on any atom is 0.277 e. The number of hydrogen-bond acceptors (Lipinski definition) is 6. The third-order valence-electron chi connectivity index (χ3n) is 5.17. The number of nitriles is 1. The van der Waals surface area contributed by atoms with Gasteiger partial charge in [0.15, 0.2) is 12.4 Å². The minimum absolute atomic E-state index is 0.219. The van der Waals surface area contributed by atoms with Gasteiger partial charge in [-0.05, 0) is 48.5 Å². The fourth-order valence-electron chi connectivity index (χ4n) is 3.47. The molecule has 5 rings (SSSR count). The smallest absolute Gasteiger partial charge is 0.277 e. The van der Waals surface area contributed by atoms with Crippen molar-refractivity contribution in [2.45, 2.75) is 0 Å². The first-order valence-corrected chi connectivity index (χ1v) is 10.8. The van der Waals surface area contributed by atoms with E-state index in [9.17, 15) is 4.79 Å². The zero-order chi connectivity index (χ0) is 24.0. The third-order valence-corrected chi connectivity index (χ3v) is 5.17. The Morgan fingerprint density at radius 1 is 1.09 bits per heavy atom. The summed E-state index contributed by atoms with van der Waals surface area (Å²) in [5, 5.41) is 18.6. The van der Waals surface area contributed by atoms with Crippen molar-refractivity contribution in [1.82, 2.24) is 15.2 Å². The SMILES string of the molecule is N#Cc1ccc(OCC(=O)N/N=C\c2cn(-c3ccccc3)nc2-c2cc3ccccc3o2)cc1. The Balaban J connectivity index is 1.34. The number of aromatic nitrogens is 2. The highest BCUT2D eigenvalue weighted by molar-refractivity contribution is 5.91. The number of hydrogen-bond donors (Lipinski definition) is 1. The maximum atomic E-state index is 12.2. The van der Waals surface area contributed by atoms with Gasteiger partial charge in [0, 0.05) is 17.1 Å². The van der Waals surface area contributed by atoms with E-state index in [4.69, 9.17) is 19.5 Å².